The van der Waals surface area contributed by atoms with Crippen LogP contribution in [-0.4, -0.2) is 26.7 Å². The Labute approximate surface area is 133 Å². The predicted octanol–water partition coefficient (Wildman–Crippen LogP) is 3.03. The standard InChI is InChI=1S/C17H17NO5/c1-17(21,11-16(19)20)10-12-6-8-13(9-7-12)14-4-2-3-5-15(14)18(22)23/h2-9,21H,10-11H2,1H3,(H,19,20). The van der Waals surface area contributed by atoms with Gasteiger partial charge in [-0.1, -0.05) is 36.4 Å². The Bertz CT molecular complexity index is 722. The molecule has 0 aliphatic carbocycles. The van der Waals surface area contributed by atoms with E-state index in [9.17, 15) is 20.0 Å². The van der Waals surface area contributed by atoms with Crippen LogP contribution in [0.3, 0.4) is 0 Å². The van der Waals surface area contributed by atoms with E-state index < -0.39 is 16.5 Å². The lowest BCUT2D eigenvalue weighted by Crippen LogP contribution is -2.30. The highest BCUT2D eigenvalue weighted by Crippen LogP contribution is 2.30. The number of nitrogens with zero attached hydrogens (tertiary/aromatic N) is 1. The molecule has 0 saturated carbocycles. The number of hydrogen-bond acceptors (Lipinski definition) is 4. The second-order valence-corrected chi connectivity index (χ2v) is 5.72. The largest absolute Gasteiger partial charge is 0.481 e. The van der Waals surface area contributed by atoms with Crippen molar-refractivity contribution in [3.05, 3.63) is 64.2 Å². The van der Waals surface area contributed by atoms with Crippen molar-refractivity contribution in [2.75, 3.05) is 0 Å². The summed E-state index contributed by atoms with van der Waals surface area (Å²) in [6.07, 6.45) is -0.157. The number of carbonyl (C=O) groups is 1. The summed E-state index contributed by atoms with van der Waals surface area (Å²) in [5.74, 6) is -1.06. The fourth-order valence-corrected chi connectivity index (χ4v) is 2.51. The van der Waals surface area contributed by atoms with E-state index in [1.165, 1.54) is 13.0 Å². The van der Waals surface area contributed by atoms with Gasteiger partial charge in [-0.15, -0.1) is 0 Å². The number of aliphatic hydroxyl groups is 1. The van der Waals surface area contributed by atoms with Crippen molar-refractivity contribution in [1.29, 1.82) is 0 Å². The average molecular weight is 315 g/mol. The molecule has 6 nitrogen and oxygen atoms in total. The van der Waals surface area contributed by atoms with Crippen LogP contribution in [0.4, 0.5) is 5.69 Å². The lowest BCUT2D eigenvalue weighted by molar-refractivity contribution is -0.384. The number of nitro benzene ring substituents is 1. The van der Waals surface area contributed by atoms with Gasteiger partial charge < -0.3 is 10.2 Å². The van der Waals surface area contributed by atoms with E-state index in [2.05, 4.69) is 0 Å². The summed E-state index contributed by atoms with van der Waals surface area (Å²) in [6.45, 7) is 1.47. The third-order valence-electron chi connectivity index (χ3n) is 3.48. The summed E-state index contributed by atoms with van der Waals surface area (Å²) >= 11 is 0. The Hall–Kier alpha value is -2.73. The van der Waals surface area contributed by atoms with Gasteiger partial charge in [0.25, 0.3) is 5.69 Å². The maximum Gasteiger partial charge on any atom is 0.306 e. The van der Waals surface area contributed by atoms with Gasteiger partial charge in [-0.05, 0) is 24.1 Å². The Morgan fingerprint density at radius 3 is 2.35 bits per heavy atom. The monoisotopic (exact) mass is 315 g/mol. The van der Waals surface area contributed by atoms with E-state index in [-0.39, 0.29) is 18.5 Å². The third-order valence-corrected chi connectivity index (χ3v) is 3.48. The van der Waals surface area contributed by atoms with Crippen molar-refractivity contribution in [3.8, 4) is 11.1 Å². The molecule has 0 bridgehead atoms. The number of rotatable bonds is 6. The molecule has 2 N–H and O–H groups in total. The molecule has 0 aliphatic heterocycles. The normalized spacial score (nSPS) is 13.3. The molecule has 0 fully saturated rings. The third kappa shape index (κ3) is 4.37. The van der Waals surface area contributed by atoms with Gasteiger partial charge in [-0.3, -0.25) is 14.9 Å². The molecule has 0 aliphatic rings. The first kappa shape index (κ1) is 16.6. The number of para-hydroxylation sites is 1. The first-order chi connectivity index (χ1) is 10.8. The van der Waals surface area contributed by atoms with Crippen molar-refractivity contribution in [2.24, 2.45) is 0 Å². The molecule has 0 amide bonds. The van der Waals surface area contributed by atoms with E-state index in [0.29, 0.717) is 11.1 Å². The maximum absolute atomic E-state index is 11.1. The van der Waals surface area contributed by atoms with Crippen LogP contribution in [0.15, 0.2) is 48.5 Å². The molecule has 0 radical (unpaired) electrons. The quantitative estimate of drug-likeness (QED) is 0.630. The molecular formula is C17H17NO5. The Morgan fingerprint density at radius 2 is 1.78 bits per heavy atom. The van der Waals surface area contributed by atoms with Crippen LogP contribution in [0, 0.1) is 10.1 Å². The van der Waals surface area contributed by atoms with Crippen molar-refractivity contribution < 1.29 is 19.9 Å². The minimum atomic E-state index is -1.34. The number of aliphatic carboxylic acids is 1. The van der Waals surface area contributed by atoms with Crippen LogP contribution in [0.5, 0.6) is 0 Å². The van der Waals surface area contributed by atoms with Gasteiger partial charge in [0.1, 0.15) is 0 Å². The molecule has 2 aromatic rings. The number of hydrogen-bond donors (Lipinski definition) is 2. The molecule has 0 saturated heterocycles. The Kier molecular flexibility index (Phi) is 4.76. The Morgan fingerprint density at radius 1 is 1.17 bits per heavy atom. The molecule has 0 aromatic heterocycles. The lowest BCUT2D eigenvalue weighted by Gasteiger charge is -2.21. The first-order valence-electron chi connectivity index (χ1n) is 7.05. The zero-order chi connectivity index (χ0) is 17.0. The second kappa shape index (κ2) is 6.58. The van der Waals surface area contributed by atoms with Crippen molar-refractivity contribution in [3.63, 3.8) is 0 Å². The number of benzene rings is 2. The van der Waals surface area contributed by atoms with Crippen LogP contribution < -0.4 is 0 Å². The van der Waals surface area contributed by atoms with Gasteiger partial charge in [0.05, 0.1) is 22.5 Å². The van der Waals surface area contributed by atoms with E-state index in [0.717, 1.165) is 5.56 Å². The zero-order valence-electron chi connectivity index (χ0n) is 12.6. The minimum absolute atomic E-state index is 0.0260. The molecule has 2 rings (SSSR count). The molecule has 120 valence electrons. The first-order valence-corrected chi connectivity index (χ1v) is 7.05. The van der Waals surface area contributed by atoms with Crippen LogP contribution >= 0.6 is 0 Å². The van der Waals surface area contributed by atoms with Gasteiger partial charge in [0, 0.05) is 12.5 Å². The molecular weight excluding hydrogens is 298 g/mol. The van der Waals surface area contributed by atoms with Crippen molar-refractivity contribution >= 4 is 11.7 Å². The molecule has 1 unspecified atom stereocenters. The fourth-order valence-electron chi connectivity index (χ4n) is 2.51. The van der Waals surface area contributed by atoms with Crippen molar-refractivity contribution in [1.82, 2.24) is 0 Å². The highest BCUT2D eigenvalue weighted by Gasteiger charge is 2.24. The van der Waals surface area contributed by atoms with Crippen LogP contribution in [-0.2, 0) is 11.2 Å². The molecule has 2 aromatic carbocycles. The molecule has 1 atom stereocenters. The van der Waals surface area contributed by atoms with Crippen LogP contribution in [0.1, 0.15) is 18.9 Å². The highest BCUT2D eigenvalue weighted by atomic mass is 16.6. The zero-order valence-corrected chi connectivity index (χ0v) is 12.6. The molecule has 6 heteroatoms. The van der Waals surface area contributed by atoms with Gasteiger partial charge in [0.2, 0.25) is 0 Å². The molecule has 0 heterocycles. The SMILES string of the molecule is CC(O)(CC(=O)O)Cc1ccc(-c2ccccc2[N+](=O)[O-])cc1. The summed E-state index contributed by atoms with van der Waals surface area (Å²) in [7, 11) is 0. The van der Waals surface area contributed by atoms with Gasteiger partial charge >= 0.3 is 5.97 Å². The maximum atomic E-state index is 11.1. The lowest BCUT2D eigenvalue weighted by atomic mass is 9.92. The summed E-state index contributed by atoms with van der Waals surface area (Å²) in [5, 5.41) is 29.9. The van der Waals surface area contributed by atoms with Gasteiger partial charge in [-0.2, -0.15) is 0 Å². The summed E-state index contributed by atoms with van der Waals surface area (Å²) in [4.78, 5) is 21.4. The Balaban J connectivity index is 2.24. The summed E-state index contributed by atoms with van der Waals surface area (Å²) in [5.41, 5.74) is 0.656. The topological polar surface area (TPSA) is 101 Å². The fraction of sp³-hybridized carbons (Fsp3) is 0.235. The number of nitro groups is 1. The van der Waals surface area contributed by atoms with Gasteiger partial charge in [-0.25, -0.2) is 0 Å². The molecule has 23 heavy (non-hydrogen) atoms. The summed E-state index contributed by atoms with van der Waals surface area (Å²) < 4.78 is 0. The van der Waals surface area contributed by atoms with E-state index >= 15 is 0 Å². The smallest absolute Gasteiger partial charge is 0.306 e. The van der Waals surface area contributed by atoms with E-state index in [1.807, 2.05) is 0 Å². The number of carboxylic acids is 1. The average Bonchev–Trinajstić information content (AvgIpc) is 2.46. The van der Waals surface area contributed by atoms with E-state index in [1.54, 1.807) is 42.5 Å². The highest BCUT2D eigenvalue weighted by molar-refractivity contribution is 5.73. The van der Waals surface area contributed by atoms with Gasteiger partial charge in [0.15, 0.2) is 0 Å². The van der Waals surface area contributed by atoms with Crippen LogP contribution in [0.25, 0.3) is 11.1 Å². The van der Waals surface area contributed by atoms with Crippen LogP contribution in [0.2, 0.25) is 0 Å². The van der Waals surface area contributed by atoms with Crippen molar-refractivity contribution in [2.45, 2.75) is 25.4 Å². The summed E-state index contributed by atoms with van der Waals surface area (Å²) in [6, 6.07) is 13.4. The number of carboxylic acid groups (broad SMARTS) is 1. The minimum Gasteiger partial charge on any atom is -0.481 e. The predicted molar refractivity (Wildman–Crippen MR) is 85.1 cm³/mol. The molecule has 0 spiro atoms. The second-order valence-electron chi connectivity index (χ2n) is 5.72. The van der Waals surface area contributed by atoms with E-state index in [4.69, 9.17) is 5.11 Å².